The second-order valence-electron chi connectivity index (χ2n) is 8.08. The number of nitrogens with zero attached hydrogens (tertiary/aromatic N) is 3. The molecule has 0 spiro atoms. The van der Waals surface area contributed by atoms with Gasteiger partial charge in [-0.15, -0.1) is 0 Å². The third-order valence-corrected chi connectivity index (χ3v) is 5.87. The van der Waals surface area contributed by atoms with Crippen LogP contribution in [-0.4, -0.2) is 34.8 Å². The van der Waals surface area contributed by atoms with E-state index in [9.17, 15) is 18.0 Å². The van der Waals surface area contributed by atoms with Crippen molar-refractivity contribution in [3.05, 3.63) is 94.7 Å². The van der Waals surface area contributed by atoms with Gasteiger partial charge in [0.15, 0.2) is 11.6 Å². The molecule has 0 bridgehead atoms. The summed E-state index contributed by atoms with van der Waals surface area (Å²) >= 11 is 0. The molecular formula is C25H22F3N3O2. The molecule has 2 heterocycles. The van der Waals surface area contributed by atoms with Crippen molar-refractivity contribution < 1.29 is 22.4 Å². The minimum atomic E-state index is -1.34. The summed E-state index contributed by atoms with van der Waals surface area (Å²) in [6.45, 7) is 2.14. The maximum absolute atomic E-state index is 14.3. The first-order chi connectivity index (χ1) is 15.9. The third-order valence-electron chi connectivity index (χ3n) is 5.87. The SMILES string of the molecule is N#Cc1cccc(CN2CCC(N(Cc3ccco3)C(=O)c3cc(F)c(F)cc3F)CC2)c1. The van der Waals surface area contributed by atoms with Crippen molar-refractivity contribution in [1.29, 1.82) is 5.26 Å². The van der Waals surface area contributed by atoms with E-state index in [1.54, 1.807) is 18.2 Å². The molecule has 0 N–H and O–H groups in total. The number of hydrogen-bond donors (Lipinski definition) is 0. The third kappa shape index (κ3) is 5.26. The van der Waals surface area contributed by atoms with Crippen molar-refractivity contribution in [2.45, 2.75) is 32.0 Å². The molecule has 4 rings (SSSR count). The number of carbonyl (C=O) groups excluding carboxylic acids is 1. The molecule has 5 nitrogen and oxygen atoms in total. The van der Waals surface area contributed by atoms with Crippen LogP contribution in [0.1, 0.15) is 40.1 Å². The average molecular weight is 453 g/mol. The topological polar surface area (TPSA) is 60.5 Å². The van der Waals surface area contributed by atoms with Crippen molar-refractivity contribution >= 4 is 5.91 Å². The van der Waals surface area contributed by atoms with Crippen LogP contribution in [0.3, 0.4) is 0 Å². The van der Waals surface area contributed by atoms with Gasteiger partial charge in [-0.1, -0.05) is 12.1 Å². The van der Waals surface area contributed by atoms with Crippen molar-refractivity contribution in [1.82, 2.24) is 9.80 Å². The van der Waals surface area contributed by atoms with Crippen LogP contribution in [0.15, 0.2) is 59.2 Å². The lowest BCUT2D eigenvalue weighted by molar-refractivity contribution is 0.0518. The number of hydrogen-bond acceptors (Lipinski definition) is 4. The molecule has 2 aromatic carbocycles. The predicted octanol–water partition coefficient (Wildman–Crippen LogP) is 4.88. The molecule has 0 aliphatic carbocycles. The van der Waals surface area contributed by atoms with Gasteiger partial charge in [0.1, 0.15) is 11.6 Å². The molecule has 1 fully saturated rings. The summed E-state index contributed by atoms with van der Waals surface area (Å²) in [4.78, 5) is 16.9. The van der Waals surface area contributed by atoms with Gasteiger partial charge in [0, 0.05) is 31.7 Å². The Hall–Kier alpha value is -3.57. The summed E-state index contributed by atoms with van der Waals surface area (Å²) in [5, 5.41) is 9.09. The summed E-state index contributed by atoms with van der Waals surface area (Å²) in [6, 6.07) is 13.7. The van der Waals surface area contributed by atoms with Crippen molar-refractivity contribution in [2.24, 2.45) is 0 Å². The number of carbonyl (C=O) groups is 1. The maximum Gasteiger partial charge on any atom is 0.257 e. The van der Waals surface area contributed by atoms with E-state index in [4.69, 9.17) is 9.68 Å². The predicted molar refractivity (Wildman–Crippen MR) is 114 cm³/mol. The molecule has 1 aliphatic rings. The van der Waals surface area contributed by atoms with Crippen LogP contribution in [0.2, 0.25) is 0 Å². The Morgan fingerprint density at radius 3 is 2.52 bits per heavy atom. The highest BCUT2D eigenvalue weighted by atomic mass is 19.2. The van der Waals surface area contributed by atoms with Gasteiger partial charge in [0.05, 0.1) is 30.0 Å². The van der Waals surface area contributed by atoms with E-state index >= 15 is 0 Å². The zero-order valence-corrected chi connectivity index (χ0v) is 17.8. The second-order valence-corrected chi connectivity index (χ2v) is 8.08. The summed E-state index contributed by atoms with van der Waals surface area (Å²) in [6.07, 6.45) is 2.72. The van der Waals surface area contributed by atoms with Gasteiger partial charge in [-0.05, 0) is 48.7 Å². The van der Waals surface area contributed by atoms with Crippen LogP contribution >= 0.6 is 0 Å². The summed E-state index contributed by atoms with van der Waals surface area (Å²) in [7, 11) is 0. The standard InChI is InChI=1S/C25H22F3N3O2/c26-22-13-24(28)23(27)12-21(22)25(32)31(16-20-5-2-10-33-20)19-6-8-30(9-7-19)15-18-4-1-3-17(11-18)14-29/h1-5,10-13,19H,6-9,15-16H2. The molecule has 3 aromatic rings. The zero-order valence-electron chi connectivity index (χ0n) is 17.8. The number of benzene rings is 2. The molecule has 8 heteroatoms. The fourth-order valence-corrected chi connectivity index (χ4v) is 4.16. The normalized spacial score (nSPS) is 14.7. The lowest BCUT2D eigenvalue weighted by atomic mass is 10.0. The Bertz CT molecular complexity index is 1170. The van der Waals surface area contributed by atoms with Crippen molar-refractivity contribution in [2.75, 3.05) is 13.1 Å². The molecular weight excluding hydrogens is 431 g/mol. The Labute approximate surface area is 189 Å². The molecule has 1 saturated heterocycles. The van der Waals surface area contributed by atoms with Gasteiger partial charge in [-0.25, -0.2) is 13.2 Å². The summed E-state index contributed by atoms with van der Waals surface area (Å²) in [5.41, 5.74) is 1.13. The molecule has 170 valence electrons. The smallest absolute Gasteiger partial charge is 0.257 e. The minimum absolute atomic E-state index is 0.0964. The molecule has 0 radical (unpaired) electrons. The van der Waals surface area contributed by atoms with E-state index in [0.717, 1.165) is 5.56 Å². The van der Waals surface area contributed by atoms with E-state index < -0.39 is 28.9 Å². The quantitative estimate of drug-likeness (QED) is 0.500. The summed E-state index contributed by atoms with van der Waals surface area (Å²) in [5.74, 6) is -3.90. The fraction of sp³-hybridized carbons (Fsp3) is 0.280. The number of furan rings is 1. The van der Waals surface area contributed by atoms with Crippen LogP contribution in [-0.2, 0) is 13.1 Å². The fourth-order valence-electron chi connectivity index (χ4n) is 4.16. The van der Waals surface area contributed by atoms with Gasteiger partial charge < -0.3 is 9.32 Å². The lowest BCUT2D eigenvalue weighted by Gasteiger charge is -2.38. The van der Waals surface area contributed by atoms with Gasteiger partial charge in [-0.3, -0.25) is 9.69 Å². The van der Waals surface area contributed by atoms with Crippen LogP contribution < -0.4 is 0 Å². The zero-order chi connectivity index (χ0) is 23.4. The van der Waals surface area contributed by atoms with Crippen LogP contribution in [0.4, 0.5) is 13.2 Å². The molecule has 33 heavy (non-hydrogen) atoms. The number of piperidine rings is 1. The van der Waals surface area contributed by atoms with Gasteiger partial charge >= 0.3 is 0 Å². The molecule has 1 aliphatic heterocycles. The second kappa shape index (κ2) is 9.92. The van der Waals surface area contributed by atoms with Crippen molar-refractivity contribution in [3.8, 4) is 6.07 Å². The first-order valence-corrected chi connectivity index (χ1v) is 10.6. The molecule has 1 aromatic heterocycles. The molecule has 0 saturated carbocycles. The molecule has 1 amide bonds. The van der Waals surface area contributed by atoms with E-state index in [-0.39, 0.29) is 12.6 Å². The maximum atomic E-state index is 14.3. The first kappa shape index (κ1) is 22.6. The Morgan fingerprint density at radius 1 is 1.06 bits per heavy atom. The Kier molecular flexibility index (Phi) is 6.80. The van der Waals surface area contributed by atoms with E-state index in [1.165, 1.54) is 11.2 Å². The van der Waals surface area contributed by atoms with Crippen molar-refractivity contribution in [3.63, 3.8) is 0 Å². The van der Waals surface area contributed by atoms with Gasteiger partial charge in [-0.2, -0.15) is 5.26 Å². The number of halogens is 3. The van der Waals surface area contributed by atoms with Gasteiger partial charge in [0.2, 0.25) is 0 Å². The van der Waals surface area contributed by atoms with Crippen LogP contribution in [0.25, 0.3) is 0 Å². The van der Waals surface area contributed by atoms with Crippen LogP contribution in [0, 0.1) is 28.8 Å². The Balaban J connectivity index is 1.49. The van der Waals surface area contributed by atoms with Crippen LogP contribution in [0.5, 0.6) is 0 Å². The molecule has 0 atom stereocenters. The minimum Gasteiger partial charge on any atom is -0.467 e. The molecule has 0 unspecified atom stereocenters. The number of amides is 1. The number of rotatable bonds is 6. The van der Waals surface area contributed by atoms with E-state index in [0.29, 0.717) is 55.9 Å². The highest BCUT2D eigenvalue weighted by molar-refractivity contribution is 5.94. The highest BCUT2D eigenvalue weighted by Crippen LogP contribution is 2.25. The first-order valence-electron chi connectivity index (χ1n) is 10.6. The average Bonchev–Trinajstić information content (AvgIpc) is 3.33. The number of nitriles is 1. The lowest BCUT2D eigenvalue weighted by Crippen LogP contribution is -2.47. The van der Waals surface area contributed by atoms with Gasteiger partial charge in [0.25, 0.3) is 5.91 Å². The van der Waals surface area contributed by atoms with E-state index in [1.807, 2.05) is 18.2 Å². The largest absolute Gasteiger partial charge is 0.467 e. The van der Waals surface area contributed by atoms with E-state index in [2.05, 4.69) is 11.0 Å². The summed E-state index contributed by atoms with van der Waals surface area (Å²) < 4.78 is 46.9. The Morgan fingerprint density at radius 2 is 1.82 bits per heavy atom. The monoisotopic (exact) mass is 453 g/mol. The highest BCUT2D eigenvalue weighted by Gasteiger charge is 2.31. The number of likely N-dealkylation sites (tertiary alicyclic amines) is 1.